The van der Waals surface area contributed by atoms with E-state index in [1.165, 1.54) is 76.3 Å². The third kappa shape index (κ3) is 5.32. The predicted octanol–water partition coefficient (Wildman–Crippen LogP) is 14.3. The molecule has 58 heavy (non-hydrogen) atoms. The molecule has 3 heteroatoms. The third-order valence-electron chi connectivity index (χ3n) is 11.8. The number of fused-ring (bicyclic) bond motifs is 13. The van der Waals surface area contributed by atoms with Crippen molar-refractivity contribution in [3.8, 4) is 5.69 Å². The van der Waals surface area contributed by atoms with Gasteiger partial charge in [-0.25, -0.2) is 4.99 Å². The van der Waals surface area contributed by atoms with Gasteiger partial charge in [-0.3, -0.25) is 0 Å². The van der Waals surface area contributed by atoms with Crippen LogP contribution in [0.25, 0.3) is 88.2 Å². The Kier molecular flexibility index (Phi) is 7.94. The van der Waals surface area contributed by atoms with Crippen molar-refractivity contribution in [3.63, 3.8) is 0 Å². The van der Waals surface area contributed by atoms with Gasteiger partial charge in [0.05, 0.1) is 28.0 Å². The highest BCUT2D eigenvalue weighted by Crippen LogP contribution is 2.42. The molecular weight excluding hydrogens is 703 g/mol. The number of hydrogen-bond donors (Lipinski definition) is 0. The van der Waals surface area contributed by atoms with Crippen LogP contribution in [0.4, 0.5) is 0 Å². The summed E-state index contributed by atoms with van der Waals surface area (Å²) >= 11 is 0. The summed E-state index contributed by atoms with van der Waals surface area (Å²) in [5.41, 5.74) is 11.9. The summed E-state index contributed by atoms with van der Waals surface area (Å²) in [5.74, 6) is 0. The Morgan fingerprint density at radius 2 is 1.14 bits per heavy atom. The van der Waals surface area contributed by atoms with E-state index >= 15 is 0 Å². The topological polar surface area (TPSA) is 22.2 Å². The lowest BCUT2D eigenvalue weighted by molar-refractivity contribution is 1.02. The van der Waals surface area contributed by atoms with Crippen molar-refractivity contribution in [1.29, 1.82) is 0 Å². The van der Waals surface area contributed by atoms with Crippen molar-refractivity contribution in [2.75, 3.05) is 0 Å². The minimum Gasteiger partial charge on any atom is -0.315 e. The Morgan fingerprint density at radius 3 is 1.86 bits per heavy atom. The van der Waals surface area contributed by atoms with Crippen LogP contribution >= 0.6 is 0 Å². The van der Waals surface area contributed by atoms with Gasteiger partial charge in [-0.2, -0.15) is 0 Å². The van der Waals surface area contributed by atoms with Gasteiger partial charge in [0.1, 0.15) is 0 Å². The summed E-state index contributed by atoms with van der Waals surface area (Å²) in [6.45, 7) is 6.83. The van der Waals surface area contributed by atoms with Crippen molar-refractivity contribution in [2.45, 2.75) is 13.3 Å². The molecule has 2 aromatic heterocycles. The number of para-hydroxylation sites is 2. The van der Waals surface area contributed by atoms with Crippen LogP contribution in [-0.2, 0) is 6.42 Å². The zero-order valence-corrected chi connectivity index (χ0v) is 32.2. The minimum absolute atomic E-state index is 0.718. The van der Waals surface area contributed by atoms with Gasteiger partial charge >= 0.3 is 0 Å². The zero-order chi connectivity index (χ0) is 38.7. The van der Waals surface area contributed by atoms with Gasteiger partial charge in [0.15, 0.2) is 0 Å². The zero-order valence-electron chi connectivity index (χ0n) is 32.2. The molecule has 274 valence electrons. The molecule has 2 heterocycles. The monoisotopic (exact) mass is 741 g/mol. The molecule has 1 aliphatic rings. The predicted molar refractivity (Wildman–Crippen MR) is 249 cm³/mol. The number of nitrogens with zero attached hydrogens (tertiary/aromatic N) is 3. The van der Waals surface area contributed by atoms with Crippen LogP contribution in [0, 0.1) is 0 Å². The molecule has 0 aliphatic heterocycles. The molecule has 3 nitrogen and oxygen atoms in total. The molecule has 0 radical (unpaired) electrons. The fraction of sp³-hybridized carbons (Fsp3) is 0.0364. The van der Waals surface area contributed by atoms with Crippen molar-refractivity contribution in [2.24, 2.45) is 4.99 Å². The van der Waals surface area contributed by atoms with Crippen molar-refractivity contribution in [1.82, 2.24) is 9.13 Å². The van der Waals surface area contributed by atoms with Crippen LogP contribution in [-0.4, -0.2) is 14.8 Å². The second-order valence-corrected chi connectivity index (χ2v) is 15.2. The van der Waals surface area contributed by atoms with Crippen LogP contribution in [0.15, 0.2) is 200 Å². The van der Waals surface area contributed by atoms with E-state index in [9.17, 15) is 0 Å². The van der Waals surface area contributed by atoms with Crippen molar-refractivity contribution >= 4 is 88.2 Å². The number of aromatic nitrogens is 2. The minimum atomic E-state index is 0.718. The first-order valence-electron chi connectivity index (χ1n) is 20.0. The van der Waals surface area contributed by atoms with Gasteiger partial charge in [0, 0.05) is 56.3 Å². The largest absolute Gasteiger partial charge is 0.315 e. The summed E-state index contributed by atoms with van der Waals surface area (Å²) in [6, 6.07) is 58.7. The van der Waals surface area contributed by atoms with Crippen LogP contribution in [0.5, 0.6) is 0 Å². The van der Waals surface area contributed by atoms with Crippen molar-refractivity contribution < 1.29 is 0 Å². The van der Waals surface area contributed by atoms with E-state index in [0.717, 1.165) is 40.3 Å². The average molecular weight is 742 g/mol. The first kappa shape index (κ1) is 33.8. The molecule has 0 unspecified atom stereocenters. The Hall–Kier alpha value is -7.49. The average Bonchev–Trinajstić information content (AvgIpc) is 3.67. The maximum Gasteiger partial charge on any atom is 0.0788 e. The molecule has 1 aliphatic carbocycles. The van der Waals surface area contributed by atoms with Crippen LogP contribution in [0.2, 0.25) is 0 Å². The number of hydrogen-bond acceptors (Lipinski definition) is 1. The molecule has 0 spiro atoms. The first-order valence-corrected chi connectivity index (χ1v) is 20.0. The van der Waals surface area contributed by atoms with Crippen LogP contribution < -0.4 is 0 Å². The molecule has 8 aromatic carbocycles. The maximum atomic E-state index is 5.39. The molecule has 0 saturated heterocycles. The summed E-state index contributed by atoms with van der Waals surface area (Å²) < 4.78 is 4.93. The Balaban J connectivity index is 1.14. The lowest BCUT2D eigenvalue weighted by atomic mass is 9.93. The summed E-state index contributed by atoms with van der Waals surface area (Å²) in [6.07, 6.45) is 11.9. The van der Waals surface area contributed by atoms with E-state index in [0.29, 0.717) is 0 Å². The molecule has 0 fully saturated rings. The van der Waals surface area contributed by atoms with Crippen molar-refractivity contribution in [3.05, 3.63) is 217 Å². The van der Waals surface area contributed by atoms with Crippen LogP contribution in [0.3, 0.4) is 0 Å². The van der Waals surface area contributed by atoms with Gasteiger partial charge in [-0.05, 0) is 69.6 Å². The van der Waals surface area contributed by atoms with Gasteiger partial charge in [-0.15, -0.1) is 0 Å². The van der Waals surface area contributed by atoms with Gasteiger partial charge < -0.3 is 9.13 Å². The Labute approximate surface area is 337 Å². The quantitative estimate of drug-likeness (QED) is 0.120. The highest BCUT2D eigenvalue weighted by molar-refractivity contribution is 6.26. The molecule has 10 aromatic rings. The molecule has 0 atom stereocenters. The summed E-state index contributed by atoms with van der Waals surface area (Å²) in [4.78, 5) is 5.39. The molecule has 0 saturated carbocycles. The molecule has 0 bridgehead atoms. The van der Waals surface area contributed by atoms with E-state index in [1.54, 1.807) is 0 Å². The highest BCUT2D eigenvalue weighted by atomic mass is 15.1. The van der Waals surface area contributed by atoms with E-state index < -0.39 is 0 Å². The van der Waals surface area contributed by atoms with E-state index in [4.69, 9.17) is 4.99 Å². The third-order valence-corrected chi connectivity index (χ3v) is 11.8. The van der Waals surface area contributed by atoms with Gasteiger partial charge in [-0.1, -0.05) is 170 Å². The lowest BCUT2D eigenvalue weighted by Crippen LogP contribution is -2.06. The molecule has 11 rings (SSSR count). The Morgan fingerprint density at radius 1 is 0.552 bits per heavy atom. The summed E-state index contributed by atoms with van der Waals surface area (Å²) in [5, 5.41) is 11.1. The highest BCUT2D eigenvalue weighted by Gasteiger charge is 2.24. The number of benzene rings is 8. The first-order chi connectivity index (χ1) is 28.6. The SMILES string of the molecule is C=C(N=C(/C=C(\C)n1c2c(c3ccc4c5ccccc5n(-c5ccccc5)c4c31)C=CC=CC2)c1ccccc1)c1ccc2c3ccccc3c3ccccc3c2c1. The normalized spacial score (nSPS) is 13.3. The second kappa shape index (κ2) is 13.6. The fourth-order valence-corrected chi connectivity index (χ4v) is 9.28. The molecule has 0 N–H and O–H groups in total. The van der Waals surface area contributed by atoms with Gasteiger partial charge in [0.25, 0.3) is 0 Å². The van der Waals surface area contributed by atoms with E-state index in [1.807, 2.05) is 0 Å². The lowest BCUT2D eigenvalue weighted by Gasteiger charge is -2.15. The number of aliphatic imine (C=N–C) groups is 1. The van der Waals surface area contributed by atoms with E-state index in [2.05, 4.69) is 217 Å². The Bertz CT molecular complexity index is 3390. The summed E-state index contributed by atoms with van der Waals surface area (Å²) in [7, 11) is 0. The van der Waals surface area contributed by atoms with E-state index in [-0.39, 0.29) is 0 Å². The smallest absolute Gasteiger partial charge is 0.0788 e. The standard InChI is InChI=1S/C55H39N3/c1-36(57-52-28-11-5-10-26-46(52)48-32-33-49-47-27-16-17-29-53(47)58(55(49)54(48)57)40-20-8-4-9-21-40)34-51(38-18-6-3-7-19-38)56-37(2)39-30-31-45-43-24-13-12-22-41(43)42-23-14-15-25-44(42)50(45)35-39/h3-27,29-35H,2,28H2,1H3/b36-34+,56-51?. The molecular formula is C55H39N3. The maximum absolute atomic E-state index is 5.39. The van der Waals surface area contributed by atoms with Crippen LogP contribution in [0.1, 0.15) is 29.3 Å². The molecule has 0 amide bonds. The number of allylic oxidation sites excluding steroid dienone is 5. The second-order valence-electron chi connectivity index (χ2n) is 15.2. The van der Waals surface area contributed by atoms with Gasteiger partial charge in [0.2, 0.25) is 0 Å². The fourth-order valence-electron chi connectivity index (χ4n) is 9.28. The number of rotatable bonds is 6.